The normalized spacial score (nSPS) is 17.0. The molecule has 4 nitrogen and oxygen atoms in total. The summed E-state index contributed by atoms with van der Waals surface area (Å²) >= 11 is 7.58. The number of nitrogens with one attached hydrogen (secondary N) is 1. The number of carbonyl (C=O) groups is 1. The lowest BCUT2D eigenvalue weighted by atomic mass is 10.1. The Labute approximate surface area is 135 Å². The first-order valence-corrected chi connectivity index (χ1v) is 8.53. The lowest BCUT2D eigenvalue weighted by Gasteiger charge is -2.33. The highest BCUT2D eigenvalue weighted by atomic mass is 35.5. The van der Waals surface area contributed by atoms with E-state index in [1.165, 1.54) is 4.88 Å². The molecule has 6 heteroatoms. The third kappa shape index (κ3) is 5.49. The maximum Gasteiger partial charge on any atom is 0.410 e. The number of hydrogen-bond donors (Lipinski definition) is 1. The third-order valence-corrected chi connectivity index (χ3v) is 4.62. The predicted molar refractivity (Wildman–Crippen MR) is 87.0 cm³/mol. The van der Waals surface area contributed by atoms with Gasteiger partial charge < -0.3 is 15.0 Å². The van der Waals surface area contributed by atoms with Crippen molar-refractivity contribution in [3.05, 3.63) is 21.3 Å². The van der Waals surface area contributed by atoms with Crippen molar-refractivity contribution in [2.75, 3.05) is 13.1 Å². The zero-order valence-electron chi connectivity index (χ0n) is 12.8. The fraction of sp³-hybridized carbons (Fsp3) is 0.667. The number of carbonyl (C=O) groups excluding carboxylic acids is 1. The molecule has 1 N–H and O–H groups in total. The molecule has 0 radical (unpaired) electrons. The zero-order chi connectivity index (χ0) is 15.5. The topological polar surface area (TPSA) is 41.6 Å². The van der Waals surface area contributed by atoms with Crippen LogP contribution in [-0.2, 0) is 11.3 Å². The van der Waals surface area contributed by atoms with Gasteiger partial charge in [0.05, 0.1) is 5.02 Å². The second-order valence-corrected chi connectivity index (χ2v) is 7.79. The summed E-state index contributed by atoms with van der Waals surface area (Å²) in [6.07, 6.45) is 1.71. The summed E-state index contributed by atoms with van der Waals surface area (Å²) in [6.45, 7) is 8.02. The Bertz CT molecular complexity index is 476. The van der Waals surface area contributed by atoms with Gasteiger partial charge in [0, 0.05) is 35.9 Å². The van der Waals surface area contributed by atoms with Crippen LogP contribution in [-0.4, -0.2) is 35.7 Å². The number of ether oxygens (including phenoxy) is 1. The first kappa shape index (κ1) is 16.6. The van der Waals surface area contributed by atoms with Crippen molar-refractivity contribution in [2.45, 2.75) is 51.8 Å². The second kappa shape index (κ2) is 6.99. The molecule has 1 aliphatic rings. The molecule has 1 aliphatic heterocycles. The molecule has 0 aliphatic carbocycles. The quantitative estimate of drug-likeness (QED) is 0.914. The molecule has 0 bridgehead atoms. The molecule has 0 unspecified atom stereocenters. The van der Waals surface area contributed by atoms with Gasteiger partial charge in [0.25, 0.3) is 0 Å². The number of piperidine rings is 1. The smallest absolute Gasteiger partial charge is 0.410 e. The fourth-order valence-corrected chi connectivity index (χ4v) is 3.31. The Balaban J connectivity index is 1.72. The van der Waals surface area contributed by atoms with Crippen LogP contribution in [0.4, 0.5) is 4.79 Å². The fourth-order valence-electron chi connectivity index (χ4n) is 2.28. The molecule has 1 fully saturated rings. The number of hydrogen-bond acceptors (Lipinski definition) is 4. The molecular weight excluding hydrogens is 308 g/mol. The van der Waals surface area contributed by atoms with Gasteiger partial charge in [0.2, 0.25) is 0 Å². The summed E-state index contributed by atoms with van der Waals surface area (Å²) in [7, 11) is 0. The Morgan fingerprint density at radius 3 is 2.67 bits per heavy atom. The van der Waals surface area contributed by atoms with E-state index >= 15 is 0 Å². The van der Waals surface area contributed by atoms with Crippen molar-refractivity contribution in [2.24, 2.45) is 0 Å². The minimum atomic E-state index is -0.426. The van der Waals surface area contributed by atoms with Crippen LogP contribution >= 0.6 is 22.9 Å². The summed E-state index contributed by atoms with van der Waals surface area (Å²) < 4.78 is 5.40. The molecule has 21 heavy (non-hydrogen) atoms. The molecule has 2 rings (SSSR count). The molecule has 1 saturated heterocycles. The van der Waals surface area contributed by atoms with E-state index in [-0.39, 0.29) is 6.09 Å². The van der Waals surface area contributed by atoms with Crippen LogP contribution in [0, 0.1) is 0 Å². The van der Waals surface area contributed by atoms with E-state index in [9.17, 15) is 4.79 Å². The highest BCUT2D eigenvalue weighted by Gasteiger charge is 2.26. The van der Waals surface area contributed by atoms with Crippen molar-refractivity contribution in [3.8, 4) is 0 Å². The summed E-state index contributed by atoms with van der Waals surface area (Å²) in [5.74, 6) is 0. The van der Waals surface area contributed by atoms with Gasteiger partial charge in [0.1, 0.15) is 5.60 Å². The molecule has 0 aromatic carbocycles. The average molecular weight is 331 g/mol. The standard InChI is InChI=1S/C15H23ClN2O2S/c1-15(2,3)20-14(19)18-6-4-12(5-7-18)17-9-13-8-11(16)10-21-13/h8,10,12,17H,4-7,9H2,1-3H3. The first-order chi connectivity index (χ1) is 9.83. The average Bonchev–Trinajstić information content (AvgIpc) is 2.81. The number of amides is 1. The highest BCUT2D eigenvalue weighted by Crippen LogP contribution is 2.20. The molecule has 0 saturated carbocycles. The largest absolute Gasteiger partial charge is 0.444 e. The van der Waals surface area contributed by atoms with E-state index in [1.807, 2.05) is 32.2 Å². The maximum atomic E-state index is 12.0. The molecule has 1 aromatic rings. The van der Waals surface area contributed by atoms with E-state index in [0.717, 1.165) is 37.5 Å². The van der Waals surface area contributed by atoms with Gasteiger partial charge >= 0.3 is 6.09 Å². The van der Waals surface area contributed by atoms with Gasteiger partial charge in [-0.3, -0.25) is 0 Å². The van der Waals surface area contributed by atoms with Crippen LogP contribution in [0.1, 0.15) is 38.5 Å². The van der Waals surface area contributed by atoms with Gasteiger partial charge in [-0.1, -0.05) is 11.6 Å². The highest BCUT2D eigenvalue weighted by molar-refractivity contribution is 7.10. The van der Waals surface area contributed by atoms with E-state index in [1.54, 1.807) is 16.2 Å². The predicted octanol–water partition coefficient (Wildman–Crippen LogP) is 3.89. The van der Waals surface area contributed by atoms with E-state index in [0.29, 0.717) is 6.04 Å². The molecule has 0 atom stereocenters. The molecule has 0 spiro atoms. The summed E-state index contributed by atoms with van der Waals surface area (Å²) in [6, 6.07) is 2.44. The van der Waals surface area contributed by atoms with Gasteiger partial charge in [-0.2, -0.15) is 0 Å². The minimum Gasteiger partial charge on any atom is -0.444 e. The number of thiophene rings is 1. The van der Waals surface area contributed by atoms with Crippen LogP contribution in [0.3, 0.4) is 0 Å². The lowest BCUT2D eigenvalue weighted by Crippen LogP contribution is -2.46. The summed E-state index contributed by atoms with van der Waals surface area (Å²) in [5, 5.41) is 6.28. The van der Waals surface area contributed by atoms with Crippen molar-refractivity contribution >= 4 is 29.0 Å². The SMILES string of the molecule is CC(C)(C)OC(=O)N1CCC(NCc2cc(Cl)cs2)CC1. The molecule has 2 heterocycles. The number of rotatable bonds is 3. The van der Waals surface area contributed by atoms with Crippen LogP contribution in [0.15, 0.2) is 11.4 Å². The molecule has 1 aromatic heterocycles. The van der Waals surface area contributed by atoms with E-state index < -0.39 is 5.60 Å². The summed E-state index contributed by atoms with van der Waals surface area (Å²) in [4.78, 5) is 15.0. The zero-order valence-corrected chi connectivity index (χ0v) is 14.4. The van der Waals surface area contributed by atoms with Gasteiger partial charge in [0.15, 0.2) is 0 Å². The molecular formula is C15H23ClN2O2S. The Kier molecular flexibility index (Phi) is 5.52. The van der Waals surface area contributed by atoms with Crippen molar-refractivity contribution in [1.29, 1.82) is 0 Å². The molecule has 1 amide bonds. The number of likely N-dealkylation sites (tertiary alicyclic amines) is 1. The van der Waals surface area contributed by atoms with Crippen molar-refractivity contribution < 1.29 is 9.53 Å². The Hall–Kier alpha value is -0.780. The number of nitrogens with zero attached hydrogens (tertiary/aromatic N) is 1. The first-order valence-electron chi connectivity index (χ1n) is 7.28. The monoisotopic (exact) mass is 330 g/mol. The lowest BCUT2D eigenvalue weighted by molar-refractivity contribution is 0.0198. The maximum absolute atomic E-state index is 12.0. The number of halogens is 1. The van der Waals surface area contributed by atoms with Crippen molar-refractivity contribution in [1.82, 2.24) is 10.2 Å². The Morgan fingerprint density at radius 1 is 1.48 bits per heavy atom. The van der Waals surface area contributed by atoms with Gasteiger partial charge in [-0.05, 0) is 39.7 Å². The van der Waals surface area contributed by atoms with Crippen LogP contribution in [0.5, 0.6) is 0 Å². The van der Waals surface area contributed by atoms with Gasteiger partial charge in [-0.25, -0.2) is 4.79 Å². The van der Waals surface area contributed by atoms with E-state index in [2.05, 4.69) is 5.32 Å². The second-order valence-electron chi connectivity index (χ2n) is 6.35. The van der Waals surface area contributed by atoms with Crippen LogP contribution in [0.25, 0.3) is 0 Å². The van der Waals surface area contributed by atoms with Gasteiger partial charge in [-0.15, -0.1) is 11.3 Å². The van der Waals surface area contributed by atoms with Crippen molar-refractivity contribution in [3.63, 3.8) is 0 Å². The van der Waals surface area contributed by atoms with Crippen LogP contribution < -0.4 is 5.32 Å². The van der Waals surface area contributed by atoms with Crippen LogP contribution in [0.2, 0.25) is 5.02 Å². The van der Waals surface area contributed by atoms with E-state index in [4.69, 9.17) is 16.3 Å². The summed E-state index contributed by atoms with van der Waals surface area (Å²) in [5.41, 5.74) is -0.426. The third-order valence-electron chi connectivity index (χ3n) is 3.33. The minimum absolute atomic E-state index is 0.203. The molecule has 118 valence electrons. The Morgan fingerprint density at radius 2 is 2.14 bits per heavy atom.